The molecule has 2 N–H and O–H groups in total. The number of pyridine rings is 1. The Morgan fingerprint density at radius 1 is 1.19 bits per heavy atom. The van der Waals surface area contributed by atoms with E-state index in [1.165, 1.54) is 5.56 Å². The van der Waals surface area contributed by atoms with Crippen molar-refractivity contribution < 1.29 is 8.95 Å². The molecular formula is C23H26N6O2S. The first-order chi connectivity index (χ1) is 15.6. The molecule has 0 atom stereocenters. The van der Waals surface area contributed by atoms with E-state index < -0.39 is 10.8 Å². The van der Waals surface area contributed by atoms with Crippen LogP contribution in [0.3, 0.4) is 0 Å². The highest BCUT2D eigenvalue weighted by atomic mass is 32.2. The second-order valence-corrected chi connectivity index (χ2v) is 9.72. The van der Waals surface area contributed by atoms with Gasteiger partial charge in [0.05, 0.1) is 24.5 Å². The van der Waals surface area contributed by atoms with Crippen LogP contribution in [-0.4, -0.2) is 60.6 Å². The Morgan fingerprint density at radius 3 is 2.78 bits per heavy atom. The van der Waals surface area contributed by atoms with E-state index in [1.807, 2.05) is 37.8 Å². The molecule has 0 radical (unpaired) electrons. The standard InChI is InChI=1S/C23H26N6O2S/c1-28-15-18(13-25-28)20-10-17-12-24-23(11-21(17)26-20)27-19-4-3-16(9-22(19)31-2)14-29-5-7-32(30)8-6-29/h3-4,9-13,15,26H,5-8,14H2,1-2H3,(H,24,27). The second-order valence-electron chi connectivity index (χ2n) is 8.03. The zero-order valence-electron chi connectivity index (χ0n) is 18.2. The largest absolute Gasteiger partial charge is 0.495 e. The number of methoxy groups -OCH3 is 1. The van der Waals surface area contributed by atoms with Gasteiger partial charge in [0.1, 0.15) is 11.6 Å². The summed E-state index contributed by atoms with van der Waals surface area (Å²) in [6, 6.07) is 10.3. The van der Waals surface area contributed by atoms with E-state index >= 15 is 0 Å². The molecule has 166 valence electrons. The van der Waals surface area contributed by atoms with Crippen LogP contribution in [0.5, 0.6) is 5.75 Å². The zero-order chi connectivity index (χ0) is 22.1. The van der Waals surface area contributed by atoms with E-state index in [2.05, 4.69) is 43.5 Å². The van der Waals surface area contributed by atoms with Gasteiger partial charge in [-0.25, -0.2) is 4.98 Å². The third-order valence-electron chi connectivity index (χ3n) is 5.73. The van der Waals surface area contributed by atoms with Crippen molar-refractivity contribution in [1.82, 2.24) is 24.6 Å². The Hall–Kier alpha value is -3.17. The molecule has 5 rings (SSSR count). The molecule has 0 aliphatic carbocycles. The van der Waals surface area contributed by atoms with Gasteiger partial charge >= 0.3 is 0 Å². The van der Waals surface area contributed by atoms with Crippen molar-refractivity contribution in [3.63, 3.8) is 0 Å². The summed E-state index contributed by atoms with van der Waals surface area (Å²) in [6.07, 6.45) is 5.68. The Morgan fingerprint density at radius 2 is 2.03 bits per heavy atom. The van der Waals surface area contributed by atoms with Crippen LogP contribution in [0.4, 0.5) is 11.5 Å². The van der Waals surface area contributed by atoms with Gasteiger partial charge in [-0.05, 0) is 23.8 Å². The van der Waals surface area contributed by atoms with E-state index in [1.54, 1.807) is 11.8 Å². The minimum atomic E-state index is -0.660. The lowest BCUT2D eigenvalue weighted by Crippen LogP contribution is -2.37. The van der Waals surface area contributed by atoms with Gasteiger partial charge in [0.25, 0.3) is 0 Å². The van der Waals surface area contributed by atoms with Crippen molar-refractivity contribution in [2.75, 3.05) is 37.0 Å². The smallest absolute Gasteiger partial charge is 0.142 e. The Balaban J connectivity index is 1.34. The van der Waals surface area contributed by atoms with Crippen LogP contribution in [-0.2, 0) is 24.4 Å². The van der Waals surface area contributed by atoms with Crippen LogP contribution in [0.25, 0.3) is 22.2 Å². The third-order valence-corrected chi connectivity index (χ3v) is 7.00. The van der Waals surface area contributed by atoms with Gasteiger partial charge in [-0.3, -0.25) is 13.8 Å². The van der Waals surface area contributed by atoms with Crippen LogP contribution in [0.1, 0.15) is 5.56 Å². The number of ether oxygens (including phenoxy) is 1. The summed E-state index contributed by atoms with van der Waals surface area (Å²) in [5.41, 5.74) is 5.08. The minimum Gasteiger partial charge on any atom is -0.495 e. The summed E-state index contributed by atoms with van der Waals surface area (Å²) in [6.45, 7) is 2.57. The van der Waals surface area contributed by atoms with Gasteiger partial charge in [-0.2, -0.15) is 5.10 Å². The quantitative estimate of drug-likeness (QED) is 0.469. The number of fused-ring (bicyclic) bond motifs is 1. The van der Waals surface area contributed by atoms with Gasteiger partial charge in [-0.15, -0.1) is 0 Å². The fourth-order valence-electron chi connectivity index (χ4n) is 3.98. The number of hydrogen-bond acceptors (Lipinski definition) is 6. The molecule has 1 aromatic carbocycles. The molecule has 1 aliphatic heterocycles. The molecule has 1 aliphatic rings. The third kappa shape index (κ3) is 4.39. The van der Waals surface area contributed by atoms with Gasteiger partial charge in [0, 0.05) is 84.1 Å². The van der Waals surface area contributed by atoms with Crippen molar-refractivity contribution in [3.8, 4) is 17.0 Å². The number of rotatable bonds is 6. The molecule has 0 spiro atoms. The van der Waals surface area contributed by atoms with E-state index in [-0.39, 0.29) is 0 Å². The summed E-state index contributed by atoms with van der Waals surface area (Å²) in [5, 5.41) is 8.66. The van der Waals surface area contributed by atoms with Gasteiger partial charge in [0.15, 0.2) is 0 Å². The van der Waals surface area contributed by atoms with Crippen LogP contribution in [0.2, 0.25) is 0 Å². The molecular weight excluding hydrogens is 424 g/mol. The molecule has 32 heavy (non-hydrogen) atoms. The average Bonchev–Trinajstić information content (AvgIpc) is 3.42. The number of nitrogens with zero attached hydrogens (tertiary/aromatic N) is 4. The molecule has 4 aromatic rings. The van der Waals surface area contributed by atoms with Gasteiger partial charge < -0.3 is 15.0 Å². The van der Waals surface area contributed by atoms with Crippen molar-refractivity contribution in [2.45, 2.75) is 6.54 Å². The van der Waals surface area contributed by atoms with E-state index in [0.29, 0.717) is 0 Å². The number of aromatic nitrogens is 4. The molecule has 0 amide bonds. The van der Waals surface area contributed by atoms with Crippen LogP contribution >= 0.6 is 0 Å². The van der Waals surface area contributed by atoms with Crippen LogP contribution in [0, 0.1) is 0 Å². The molecule has 4 heterocycles. The molecule has 1 fully saturated rings. The SMILES string of the molecule is COc1cc(CN2CCS(=O)CC2)ccc1Nc1cc2[nH]c(-c3cnn(C)c3)cc2cn1. The van der Waals surface area contributed by atoms with Crippen molar-refractivity contribution in [3.05, 3.63) is 54.5 Å². The predicted molar refractivity (Wildman–Crippen MR) is 128 cm³/mol. The highest BCUT2D eigenvalue weighted by molar-refractivity contribution is 7.85. The molecule has 0 bridgehead atoms. The molecule has 1 saturated heterocycles. The van der Waals surface area contributed by atoms with Crippen molar-refractivity contribution >= 4 is 33.2 Å². The number of hydrogen-bond donors (Lipinski definition) is 2. The van der Waals surface area contributed by atoms with Crippen molar-refractivity contribution in [2.24, 2.45) is 7.05 Å². The maximum absolute atomic E-state index is 11.6. The molecule has 8 nitrogen and oxygen atoms in total. The lowest BCUT2D eigenvalue weighted by Gasteiger charge is -2.26. The van der Waals surface area contributed by atoms with Gasteiger partial charge in [0.2, 0.25) is 0 Å². The van der Waals surface area contributed by atoms with Gasteiger partial charge in [-0.1, -0.05) is 6.07 Å². The summed E-state index contributed by atoms with van der Waals surface area (Å²) < 4.78 is 19.0. The first-order valence-corrected chi connectivity index (χ1v) is 12.1. The number of aryl methyl sites for hydroxylation is 1. The predicted octanol–water partition coefficient (Wildman–Crippen LogP) is 3.28. The lowest BCUT2D eigenvalue weighted by atomic mass is 10.1. The Bertz CT molecular complexity index is 1270. The minimum absolute atomic E-state index is 0.660. The van der Waals surface area contributed by atoms with Crippen LogP contribution in [0.15, 0.2) is 48.9 Å². The fourth-order valence-corrected chi connectivity index (χ4v) is 5.11. The van der Waals surface area contributed by atoms with Crippen molar-refractivity contribution in [1.29, 1.82) is 0 Å². The first kappa shape index (κ1) is 20.7. The number of nitrogens with one attached hydrogen (secondary N) is 2. The average molecular weight is 451 g/mol. The van der Waals surface area contributed by atoms with E-state index in [4.69, 9.17) is 4.74 Å². The summed E-state index contributed by atoms with van der Waals surface area (Å²) in [5.74, 6) is 3.02. The number of benzene rings is 1. The topological polar surface area (TPSA) is 88.1 Å². The highest BCUT2D eigenvalue weighted by Gasteiger charge is 2.16. The Labute approximate surface area is 189 Å². The Kier molecular flexibility index (Phi) is 5.67. The normalized spacial score (nSPS) is 15.3. The summed E-state index contributed by atoms with van der Waals surface area (Å²) >= 11 is 0. The molecule has 0 unspecified atom stereocenters. The highest BCUT2D eigenvalue weighted by Crippen LogP contribution is 2.30. The molecule has 9 heteroatoms. The summed E-state index contributed by atoms with van der Waals surface area (Å²) in [4.78, 5) is 10.4. The molecule has 0 saturated carbocycles. The van der Waals surface area contributed by atoms with E-state index in [0.717, 1.165) is 70.6 Å². The maximum atomic E-state index is 11.6. The van der Waals surface area contributed by atoms with Crippen LogP contribution < -0.4 is 10.1 Å². The second kappa shape index (κ2) is 8.76. The lowest BCUT2D eigenvalue weighted by molar-refractivity contribution is 0.291. The molecule has 3 aromatic heterocycles. The zero-order valence-corrected chi connectivity index (χ0v) is 19.0. The number of H-pyrrole nitrogens is 1. The van der Waals surface area contributed by atoms with E-state index in [9.17, 15) is 4.21 Å². The fraction of sp³-hybridized carbons (Fsp3) is 0.304. The first-order valence-electron chi connectivity index (χ1n) is 10.6. The number of anilines is 2. The maximum Gasteiger partial charge on any atom is 0.142 e. The number of aromatic amines is 1. The summed E-state index contributed by atoms with van der Waals surface area (Å²) in [7, 11) is 2.92. The monoisotopic (exact) mass is 450 g/mol.